The van der Waals surface area contributed by atoms with Crippen LogP contribution in [-0.2, 0) is 69.5 Å². The van der Waals surface area contributed by atoms with Crippen molar-refractivity contribution in [2.75, 3.05) is 0 Å². The second-order valence-corrected chi connectivity index (χ2v) is 0. The van der Waals surface area contributed by atoms with Crippen LogP contribution in [0.1, 0.15) is 0 Å². The first-order valence-electron chi connectivity index (χ1n) is 0. The molecule has 0 unspecified atom stereocenters. The van der Waals surface area contributed by atoms with E-state index in [0.717, 1.165) is 0 Å². The topological polar surface area (TPSA) is 142 Å². The van der Waals surface area contributed by atoms with Crippen molar-refractivity contribution in [1.29, 1.82) is 0 Å². The van der Waals surface area contributed by atoms with Crippen molar-refractivity contribution in [2.45, 2.75) is 0 Å². The van der Waals surface area contributed by atoms with Crippen LogP contribution in [0.2, 0.25) is 0 Å². The molecule has 0 bridgehead atoms. The Balaban J connectivity index is 0. The van der Waals surface area contributed by atoms with Crippen LogP contribution < -0.4 is 0 Å². The van der Waals surface area contributed by atoms with Crippen LogP contribution in [0, 0.1) is 0 Å². The third kappa shape index (κ3) is 69.5. The molecule has 0 aliphatic heterocycles. The molecule has 0 aliphatic carbocycles. The minimum atomic E-state index is 0. The van der Waals surface area contributed by atoms with E-state index in [4.69, 9.17) is 0 Å². The van der Waals surface area contributed by atoms with Gasteiger partial charge in [-0.2, -0.15) is 0 Å². The molecule has 0 saturated carbocycles. The van der Waals surface area contributed by atoms with Crippen LogP contribution in [0.4, 0.5) is 0 Å². The molecule has 0 rings (SSSR count). The minimum absolute atomic E-state index is 0. The smallest absolute Gasteiger partial charge is 2.00 e. The minimum Gasteiger partial charge on any atom is -2.00 e. The molecule has 0 aromatic rings. The van der Waals surface area contributed by atoms with Crippen LogP contribution >= 0.6 is 0 Å². The number of hydrogen-bond acceptors (Lipinski definition) is 0. The van der Waals surface area contributed by atoms with Gasteiger partial charge >= 0.3 is 70.6 Å². The molecule has 0 amide bonds. The van der Waals surface area contributed by atoms with E-state index in [2.05, 4.69) is 0 Å². The van der Waals surface area contributed by atoms with Gasteiger partial charge in [-0.25, -0.2) is 0 Å². The third-order valence-corrected chi connectivity index (χ3v) is 0. The quantitative estimate of drug-likeness (QED) is 0.418. The maximum absolute atomic E-state index is 0. The zero-order valence-corrected chi connectivity index (χ0v) is 12.3. The van der Waals surface area contributed by atoms with E-state index in [-0.39, 0.29) is 118 Å². The third-order valence-electron chi connectivity index (χ3n) is 0. The van der Waals surface area contributed by atoms with Gasteiger partial charge in [0, 0.05) is 20.4 Å². The van der Waals surface area contributed by atoms with Crippen molar-refractivity contribution in [3.8, 4) is 0 Å². The van der Waals surface area contributed by atoms with Crippen molar-refractivity contribution in [3.05, 3.63) is 0 Å². The maximum atomic E-state index is 0. The summed E-state index contributed by atoms with van der Waals surface area (Å²) >= 11 is 0. The van der Waals surface area contributed by atoms with E-state index in [1.54, 1.807) is 0 Å². The fraction of sp³-hybridized carbons (Fsp3) is 0. The standard InChI is InChI=1S/Ba.5O.Re.Ti/q+2;5*-2;;+4. The van der Waals surface area contributed by atoms with Crippen molar-refractivity contribution in [3.63, 3.8) is 0 Å². The molecule has 0 heterocycles. The van der Waals surface area contributed by atoms with Crippen molar-refractivity contribution < 1.29 is 69.5 Å². The molecule has 0 saturated heterocycles. The summed E-state index contributed by atoms with van der Waals surface area (Å²) in [6.07, 6.45) is 0. The fourth-order valence-corrected chi connectivity index (χ4v) is 0. The summed E-state index contributed by atoms with van der Waals surface area (Å²) in [5.41, 5.74) is 0. The summed E-state index contributed by atoms with van der Waals surface area (Å²) in [5, 5.41) is 0. The zero-order chi connectivity index (χ0) is 0. The SMILES string of the molecule is [Ba+2].[O-2].[O-2].[O-2].[O-2].[O-2].[Re].[Ti+4]. The van der Waals surface area contributed by atoms with Crippen molar-refractivity contribution in [1.82, 2.24) is 0 Å². The second-order valence-electron chi connectivity index (χ2n) is 0. The van der Waals surface area contributed by atoms with Crippen molar-refractivity contribution in [2.24, 2.45) is 0 Å². The first-order chi connectivity index (χ1) is 0. The summed E-state index contributed by atoms with van der Waals surface area (Å²) in [6, 6.07) is 0. The maximum Gasteiger partial charge on any atom is 4.00 e. The molecule has 0 aromatic heterocycles. The molecule has 0 atom stereocenters. The Morgan fingerprint density at radius 2 is 0.500 bits per heavy atom. The summed E-state index contributed by atoms with van der Waals surface area (Å²) in [5.74, 6) is 0. The van der Waals surface area contributed by atoms with Gasteiger partial charge in [-0.05, 0) is 0 Å². The van der Waals surface area contributed by atoms with Gasteiger partial charge < -0.3 is 27.4 Å². The Bertz CT molecular complexity index is 12.4. The first kappa shape index (κ1) is 135. The number of hydrogen-bond donors (Lipinski definition) is 0. The van der Waals surface area contributed by atoms with E-state index >= 15 is 0 Å². The summed E-state index contributed by atoms with van der Waals surface area (Å²) < 4.78 is 0. The van der Waals surface area contributed by atoms with Crippen LogP contribution in [0.15, 0.2) is 0 Å². The van der Waals surface area contributed by atoms with Gasteiger partial charge in [0.05, 0.1) is 0 Å². The normalized spacial score (nSPS) is 0. The van der Waals surface area contributed by atoms with Gasteiger partial charge in [0.2, 0.25) is 0 Å². The van der Waals surface area contributed by atoms with Gasteiger partial charge in [-0.3, -0.25) is 0 Å². The first-order valence-corrected chi connectivity index (χ1v) is 0. The number of rotatable bonds is 0. The predicted molar refractivity (Wildman–Crippen MR) is 9.19 cm³/mol. The van der Waals surface area contributed by atoms with Crippen LogP contribution in [-0.4, -0.2) is 48.9 Å². The molecular weight excluding hydrogens is 451 g/mol. The van der Waals surface area contributed by atoms with E-state index in [1.165, 1.54) is 0 Å². The van der Waals surface area contributed by atoms with Gasteiger partial charge in [0.1, 0.15) is 0 Å². The monoisotopic (exact) mass is 453 g/mol. The average molecular weight is 451 g/mol. The van der Waals surface area contributed by atoms with Crippen LogP contribution in [0.5, 0.6) is 0 Å². The molecule has 5 nitrogen and oxygen atoms in total. The average Bonchev–Trinajstić information content (AvgIpc) is 0. The molecule has 8 heavy (non-hydrogen) atoms. The van der Waals surface area contributed by atoms with E-state index in [1.807, 2.05) is 0 Å². The van der Waals surface area contributed by atoms with Gasteiger partial charge in [0.25, 0.3) is 0 Å². The summed E-state index contributed by atoms with van der Waals surface area (Å²) in [7, 11) is 0. The molecule has 1 radical (unpaired) electrons. The van der Waals surface area contributed by atoms with Crippen LogP contribution in [0.3, 0.4) is 0 Å². The molecular formula is BaO5ReTi-4. The molecule has 0 N–H and O–H groups in total. The van der Waals surface area contributed by atoms with Gasteiger partial charge in [0.15, 0.2) is 0 Å². The Morgan fingerprint density at radius 1 is 0.500 bits per heavy atom. The summed E-state index contributed by atoms with van der Waals surface area (Å²) in [4.78, 5) is 0. The Hall–Kier alpha value is 2.75. The zero-order valence-electron chi connectivity index (χ0n) is 3.63. The second kappa shape index (κ2) is 98.8. The van der Waals surface area contributed by atoms with Crippen LogP contribution in [0.25, 0.3) is 0 Å². The Kier molecular flexibility index (Phi) is 1670. The van der Waals surface area contributed by atoms with E-state index in [9.17, 15) is 0 Å². The van der Waals surface area contributed by atoms with E-state index in [0.29, 0.717) is 0 Å². The Morgan fingerprint density at radius 3 is 0.500 bits per heavy atom. The predicted octanol–water partition coefficient (Wildman–Crippen LogP) is -0.980. The molecule has 0 spiro atoms. The molecule has 0 aromatic carbocycles. The summed E-state index contributed by atoms with van der Waals surface area (Å²) in [6.45, 7) is 0. The van der Waals surface area contributed by atoms with E-state index < -0.39 is 0 Å². The Labute approximate surface area is 116 Å². The fourth-order valence-electron chi connectivity index (χ4n) is 0. The molecule has 0 aliphatic rings. The largest absolute Gasteiger partial charge is 4.00 e. The molecule has 47 valence electrons. The van der Waals surface area contributed by atoms with Crippen molar-refractivity contribution >= 4 is 48.9 Å². The molecule has 8 heteroatoms. The van der Waals surface area contributed by atoms with Gasteiger partial charge in [-0.1, -0.05) is 0 Å². The van der Waals surface area contributed by atoms with Gasteiger partial charge in [-0.15, -0.1) is 0 Å². The molecule has 0 fully saturated rings.